The van der Waals surface area contributed by atoms with Crippen LogP contribution in [0.5, 0.6) is 5.75 Å². The lowest BCUT2D eigenvalue weighted by atomic mass is 10.2. The number of fused-ring (bicyclic) bond motifs is 1. The van der Waals surface area contributed by atoms with Crippen LogP contribution in [0.15, 0.2) is 36.7 Å². The molecule has 100 valence electrons. The highest BCUT2D eigenvalue weighted by Crippen LogP contribution is 2.42. The Kier molecular flexibility index (Phi) is 2.30. The summed E-state index contributed by atoms with van der Waals surface area (Å²) in [5.41, 5.74) is 2.34. The van der Waals surface area contributed by atoms with Crippen molar-refractivity contribution in [2.45, 2.75) is 18.9 Å². The standard InChI is InChI=1S/C15H12FN3O/c16-9-1-4-11(14(20)7-9)15-18-12-8-17-6-5-13(12)19(15)10-2-3-10/h1,4-8,10,20H,2-3H2. The average Bonchev–Trinajstić information content (AvgIpc) is 3.19. The molecular weight excluding hydrogens is 257 g/mol. The number of phenolic OH excluding ortho intramolecular Hbond substituents is 1. The van der Waals surface area contributed by atoms with Crippen LogP contribution in [-0.2, 0) is 0 Å². The first-order chi connectivity index (χ1) is 9.74. The number of aromatic nitrogens is 3. The van der Waals surface area contributed by atoms with Crippen LogP contribution in [0.2, 0.25) is 0 Å². The summed E-state index contributed by atoms with van der Waals surface area (Å²) in [6.45, 7) is 0. The minimum Gasteiger partial charge on any atom is -0.507 e. The van der Waals surface area contributed by atoms with Crippen LogP contribution in [0, 0.1) is 5.82 Å². The lowest BCUT2D eigenvalue weighted by molar-refractivity contribution is 0.470. The van der Waals surface area contributed by atoms with E-state index in [4.69, 9.17) is 0 Å². The third-order valence-corrected chi connectivity index (χ3v) is 3.60. The molecule has 0 amide bonds. The zero-order valence-electron chi connectivity index (χ0n) is 10.6. The molecule has 5 heteroatoms. The third kappa shape index (κ3) is 1.66. The van der Waals surface area contributed by atoms with Crippen LogP contribution < -0.4 is 0 Å². The van der Waals surface area contributed by atoms with Gasteiger partial charge in [-0.15, -0.1) is 0 Å². The van der Waals surface area contributed by atoms with E-state index in [2.05, 4.69) is 14.5 Å². The Morgan fingerprint density at radius 1 is 1.25 bits per heavy atom. The first kappa shape index (κ1) is 11.4. The number of hydrogen-bond acceptors (Lipinski definition) is 3. The fourth-order valence-electron chi connectivity index (χ4n) is 2.54. The molecule has 0 unspecified atom stereocenters. The van der Waals surface area contributed by atoms with Crippen LogP contribution in [-0.4, -0.2) is 19.6 Å². The Morgan fingerprint density at radius 2 is 2.10 bits per heavy atom. The summed E-state index contributed by atoms with van der Waals surface area (Å²) in [6.07, 6.45) is 5.64. The van der Waals surface area contributed by atoms with E-state index < -0.39 is 5.82 Å². The normalized spacial score (nSPS) is 14.8. The summed E-state index contributed by atoms with van der Waals surface area (Å²) in [5.74, 6) is 0.130. The van der Waals surface area contributed by atoms with Crippen molar-refractivity contribution < 1.29 is 9.50 Å². The molecular formula is C15H12FN3O. The molecule has 0 saturated heterocycles. The van der Waals surface area contributed by atoms with Crippen molar-refractivity contribution in [1.29, 1.82) is 0 Å². The molecule has 1 aliphatic rings. The number of rotatable bonds is 2. The predicted octanol–water partition coefficient (Wildman–Crippen LogP) is 3.28. The van der Waals surface area contributed by atoms with Gasteiger partial charge in [0.05, 0.1) is 17.3 Å². The molecule has 0 bridgehead atoms. The van der Waals surface area contributed by atoms with E-state index in [9.17, 15) is 9.50 Å². The van der Waals surface area contributed by atoms with Crippen molar-refractivity contribution in [3.63, 3.8) is 0 Å². The van der Waals surface area contributed by atoms with Gasteiger partial charge >= 0.3 is 0 Å². The van der Waals surface area contributed by atoms with Gasteiger partial charge in [0, 0.05) is 18.3 Å². The molecule has 0 spiro atoms. The number of pyridine rings is 1. The molecule has 4 rings (SSSR count). The van der Waals surface area contributed by atoms with Gasteiger partial charge < -0.3 is 9.67 Å². The summed E-state index contributed by atoms with van der Waals surface area (Å²) in [6, 6.07) is 6.35. The molecule has 1 N–H and O–H groups in total. The number of imidazole rings is 1. The Hall–Kier alpha value is -2.43. The molecule has 0 aliphatic heterocycles. The number of benzene rings is 1. The molecule has 1 saturated carbocycles. The minimum absolute atomic E-state index is 0.0878. The topological polar surface area (TPSA) is 50.9 Å². The van der Waals surface area contributed by atoms with Gasteiger partial charge in [-0.1, -0.05) is 0 Å². The second kappa shape index (κ2) is 4.03. The van der Waals surface area contributed by atoms with Gasteiger partial charge in [-0.05, 0) is 31.0 Å². The largest absolute Gasteiger partial charge is 0.507 e. The smallest absolute Gasteiger partial charge is 0.145 e. The van der Waals surface area contributed by atoms with Crippen molar-refractivity contribution >= 4 is 11.0 Å². The maximum atomic E-state index is 13.1. The lowest BCUT2D eigenvalue weighted by Gasteiger charge is -2.09. The second-order valence-electron chi connectivity index (χ2n) is 5.06. The summed E-state index contributed by atoms with van der Waals surface area (Å²) >= 11 is 0. The van der Waals surface area contributed by atoms with Crippen molar-refractivity contribution in [3.05, 3.63) is 42.5 Å². The van der Waals surface area contributed by atoms with Crippen LogP contribution >= 0.6 is 0 Å². The van der Waals surface area contributed by atoms with Crippen LogP contribution in [0.1, 0.15) is 18.9 Å². The first-order valence-corrected chi connectivity index (χ1v) is 6.55. The van der Waals surface area contributed by atoms with E-state index in [0.29, 0.717) is 17.4 Å². The van der Waals surface area contributed by atoms with Crippen molar-refractivity contribution in [1.82, 2.24) is 14.5 Å². The summed E-state index contributed by atoms with van der Waals surface area (Å²) in [4.78, 5) is 8.63. The molecule has 20 heavy (non-hydrogen) atoms. The Morgan fingerprint density at radius 3 is 2.85 bits per heavy atom. The summed E-state index contributed by atoms with van der Waals surface area (Å²) in [7, 11) is 0. The highest BCUT2D eigenvalue weighted by Gasteiger charge is 2.29. The van der Waals surface area contributed by atoms with Gasteiger partial charge in [-0.25, -0.2) is 9.37 Å². The lowest BCUT2D eigenvalue weighted by Crippen LogP contribution is -1.97. The molecule has 2 heterocycles. The van der Waals surface area contributed by atoms with Gasteiger partial charge in [-0.3, -0.25) is 4.98 Å². The van der Waals surface area contributed by atoms with Crippen molar-refractivity contribution in [2.75, 3.05) is 0 Å². The third-order valence-electron chi connectivity index (χ3n) is 3.60. The quantitative estimate of drug-likeness (QED) is 0.776. The van der Waals surface area contributed by atoms with E-state index in [1.165, 1.54) is 6.07 Å². The molecule has 0 radical (unpaired) electrons. The zero-order valence-corrected chi connectivity index (χ0v) is 10.6. The fourth-order valence-corrected chi connectivity index (χ4v) is 2.54. The van der Waals surface area contributed by atoms with Crippen LogP contribution in [0.4, 0.5) is 4.39 Å². The van der Waals surface area contributed by atoms with Gasteiger partial charge in [0.25, 0.3) is 0 Å². The van der Waals surface area contributed by atoms with E-state index >= 15 is 0 Å². The number of phenols is 1. The monoisotopic (exact) mass is 269 g/mol. The van der Waals surface area contributed by atoms with Crippen molar-refractivity contribution in [3.8, 4) is 17.1 Å². The fraction of sp³-hybridized carbons (Fsp3) is 0.200. The van der Waals surface area contributed by atoms with E-state index in [1.807, 2.05) is 6.07 Å². The Bertz CT molecular complexity index is 808. The molecule has 0 atom stereocenters. The maximum absolute atomic E-state index is 13.1. The summed E-state index contributed by atoms with van der Waals surface area (Å²) in [5, 5.41) is 9.99. The molecule has 1 fully saturated rings. The van der Waals surface area contributed by atoms with Gasteiger partial charge in [0.1, 0.15) is 22.9 Å². The molecule has 4 nitrogen and oxygen atoms in total. The number of nitrogens with zero attached hydrogens (tertiary/aromatic N) is 3. The highest BCUT2D eigenvalue weighted by atomic mass is 19.1. The Balaban J connectivity index is 2.01. The second-order valence-corrected chi connectivity index (χ2v) is 5.06. The van der Waals surface area contributed by atoms with Crippen LogP contribution in [0.3, 0.4) is 0 Å². The maximum Gasteiger partial charge on any atom is 0.145 e. The van der Waals surface area contributed by atoms with Crippen LogP contribution in [0.25, 0.3) is 22.4 Å². The number of hydrogen-bond donors (Lipinski definition) is 1. The van der Waals surface area contributed by atoms with Gasteiger partial charge in [0.2, 0.25) is 0 Å². The first-order valence-electron chi connectivity index (χ1n) is 6.55. The molecule has 3 aromatic rings. The SMILES string of the molecule is Oc1cc(F)ccc1-c1nc2cnccc2n1C1CC1. The average molecular weight is 269 g/mol. The van der Waals surface area contributed by atoms with Gasteiger partial charge in [0.15, 0.2) is 0 Å². The van der Waals surface area contributed by atoms with E-state index in [1.54, 1.807) is 18.5 Å². The zero-order chi connectivity index (χ0) is 13.7. The number of aromatic hydroxyl groups is 1. The Labute approximate surface area is 114 Å². The van der Waals surface area contributed by atoms with Crippen molar-refractivity contribution in [2.24, 2.45) is 0 Å². The van der Waals surface area contributed by atoms with Gasteiger partial charge in [-0.2, -0.15) is 0 Å². The van der Waals surface area contributed by atoms with E-state index in [-0.39, 0.29) is 5.75 Å². The highest BCUT2D eigenvalue weighted by molar-refractivity contribution is 5.81. The molecule has 1 aromatic carbocycles. The molecule has 1 aliphatic carbocycles. The summed E-state index contributed by atoms with van der Waals surface area (Å²) < 4.78 is 15.3. The molecule has 2 aromatic heterocycles. The predicted molar refractivity (Wildman–Crippen MR) is 72.9 cm³/mol. The number of halogens is 1. The van der Waals surface area contributed by atoms with E-state index in [0.717, 1.165) is 29.9 Å². The minimum atomic E-state index is -0.456.